The van der Waals surface area contributed by atoms with Crippen molar-refractivity contribution in [3.63, 3.8) is 0 Å². The van der Waals surface area contributed by atoms with Gasteiger partial charge >= 0.3 is 111 Å². The predicted octanol–water partition coefficient (Wildman–Crippen LogP) is -7.78. The molecule has 0 heterocycles. The van der Waals surface area contributed by atoms with Gasteiger partial charge in [-0.05, 0) is 0 Å². The van der Waals surface area contributed by atoms with Crippen LogP contribution < -0.4 is 8.19 Å². The Labute approximate surface area is 110 Å². The van der Waals surface area contributed by atoms with Gasteiger partial charge in [-0.1, -0.05) is 0 Å². The fraction of sp³-hybridized carbons (Fsp3) is 0. The van der Waals surface area contributed by atoms with Gasteiger partial charge in [0.1, 0.15) is 0 Å². The van der Waals surface area contributed by atoms with Crippen molar-refractivity contribution in [2.24, 2.45) is 0 Å². The fourth-order valence-corrected chi connectivity index (χ4v) is 0. The van der Waals surface area contributed by atoms with Crippen LogP contribution in [0.15, 0.2) is 0 Å². The monoisotopic (exact) mass is 488 g/mol. The molecule has 0 saturated heterocycles. The molecule has 0 aromatic rings. The maximum atomic E-state index is 8.94. The first-order valence-electron chi connectivity index (χ1n) is 2.31. The number of hydrogen-bond donors (Lipinski definition) is 7. The summed E-state index contributed by atoms with van der Waals surface area (Å²) in [7, 11) is 0. The van der Waals surface area contributed by atoms with Crippen molar-refractivity contribution in [2.45, 2.75) is 0 Å². The Hall–Kier alpha value is 1.34. The molecule has 0 bridgehead atoms. The van der Waals surface area contributed by atoms with Gasteiger partial charge in [0.05, 0.1) is 0 Å². The Balaban J connectivity index is -0.0000000655. The molecule has 0 spiro atoms. The van der Waals surface area contributed by atoms with Crippen molar-refractivity contribution in [2.75, 3.05) is 0 Å². The standard InChI is InChI=1S/3AsH3O4.Zn/c3*2-1(3,4)5;/h3*(H3,2,3,4,5);/q;;;+2/p-2. The Bertz CT molecular complexity index is 202. The smallest absolute Gasteiger partial charge is 2.00 e. The van der Waals surface area contributed by atoms with Crippen molar-refractivity contribution in [3.8, 4) is 0 Å². The minimum Gasteiger partial charge on any atom is 2.00 e. The van der Waals surface area contributed by atoms with E-state index in [-0.39, 0.29) is 19.5 Å². The van der Waals surface area contributed by atoms with E-state index >= 15 is 0 Å². The first kappa shape index (κ1) is 26.0. The van der Waals surface area contributed by atoms with Crippen molar-refractivity contribution in [3.05, 3.63) is 0 Å². The zero-order chi connectivity index (χ0) is 13.5. The van der Waals surface area contributed by atoms with Crippen molar-refractivity contribution in [1.29, 1.82) is 0 Å². The van der Waals surface area contributed by atoms with E-state index in [2.05, 4.69) is 0 Å². The SMILES string of the molecule is O=[As](O)(O)O.O=[As](O)(O)O.O=[As]([O-])([O-])O.[Zn+2]. The van der Waals surface area contributed by atoms with Gasteiger partial charge in [-0.15, -0.1) is 0 Å². The molecule has 0 atom stereocenters. The van der Waals surface area contributed by atoms with Gasteiger partial charge in [-0.3, -0.25) is 0 Å². The normalized spacial score (nSPS) is 11.1. The van der Waals surface area contributed by atoms with Crippen LogP contribution in [0.2, 0.25) is 0 Å². The third-order valence-electron chi connectivity index (χ3n) is 0. The van der Waals surface area contributed by atoms with Crippen LogP contribution in [0.3, 0.4) is 0 Å². The molecule has 7 N–H and O–H groups in total. The molecule has 16 heavy (non-hydrogen) atoms. The van der Waals surface area contributed by atoms with Crippen molar-refractivity contribution < 1.29 is 67.6 Å². The summed E-state index contributed by atoms with van der Waals surface area (Å²) in [5.41, 5.74) is 0. The van der Waals surface area contributed by atoms with Crippen LogP contribution >= 0.6 is 0 Å². The minimum atomic E-state index is -5.62. The molecule has 0 aliphatic carbocycles. The van der Waals surface area contributed by atoms with E-state index in [0.29, 0.717) is 0 Å². The molecule has 0 amide bonds. The van der Waals surface area contributed by atoms with Crippen LogP contribution in [0.25, 0.3) is 0 Å². The topological polar surface area (TPSA) is 239 Å². The second kappa shape index (κ2) is 10.3. The van der Waals surface area contributed by atoms with Crippen LogP contribution in [-0.2, 0) is 30.7 Å². The summed E-state index contributed by atoms with van der Waals surface area (Å²) < 4.78 is 94.6. The quantitative estimate of drug-likeness (QED) is 0.157. The van der Waals surface area contributed by atoms with Gasteiger partial charge in [0.2, 0.25) is 0 Å². The van der Waals surface area contributed by atoms with Crippen LogP contribution in [0.1, 0.15) is 0 Å². The van der Waals surface area contributed by atoms with Crippen molar-refractivity contribution >= 4 is 43.5 Å². The van der Waals surface area contributed by atoms with E-state index in [9.17, 15) is 0 Å². The van der Waals surface area contributed by atoms with E-state index in [1.807, 2.05) is 0 Å². The summed E-state index contributed by atoms with van der Waals surface area (Å²) >= 11 is -15.9. The maximum Gasteiger partial charge on any atom is 2.00 e. The third-order valence-corrected chi connectivity index (χ3v) is 0. The Morgan fingerprint density at radius 3 is 0.625 bits per heavy atom. The summed E-state index contributed by atoms with van der Waals surface area (Å²) in [5.74, 6) is 0. The summed E-state index contributed by atoms with van der Waals surface area (Å²) in [6.07, 6.45) is 0. The Kier molecular flexibility index (Phi) is 16.7. The van der Waals surface area contributed by atoms with E-state index in [1.54, 1.807) is 0 Å². The third kappa shape index (κ3) is 1760. The minimum absolute atomic E-state index is 0. The molecule has 16 heteroatoms. The van der Waals surface area contributed by atoms with Gasteiger partial charge in [-0.25, -0.2) is 0 Å². The maximum absolute atomic E-state index is 8.94. The Morgan fingerprint density at radius 1 is 0.625 bits per heavy atom. The van der Waals surface area contributed by atoms with Gasteiger partial charge in [0, 0.05) is 0 Å². The van der Waals surface area contributed by atoms with Crippen LogP contribution in [0.5, 0.6) is 0 Å². The van der Waals surface area contributed by atoms with Gasteiger partial charge in [0.15, 0.2) is 0 Å². The van der Waals surface area contributed by atoms with Gasteiger partial charge in [-0.2, -0.15) is 0 Å². The van der Waals surface area contributed by atoms with Crippen LogP contribution in [-0.4, -0.2) is 72.2 Å². The van der Waals surface area contributed by atoms with E-state index in [1.165, 1.54) is 0 Å². The molecular formula is H7As3O12Zn. The molecule has 0 aromatic carbocycles. The number of rotatable bonds is 0. The van der Waals surface area contributed by atoms with E-state index in [0.717, 1.165) is 0 Å². The van der Waals surface area contributed by atoms with Gasteiger partial charge < -0.3 is 0 Å². The summed E-state index contributed by atoms with van der Waals surface area (Å²) in [5, 5.41) is 0. The summed E-state index contributed by atoms with van der Waals surface area (Å²) in [4.78, 5) is 0. The molecule has 96 valence electrons. The molecule has 0 radical (unpaired) electrons. The van der Waals surface area contributed by atoms with Crippen LogP contribution in [0, 0.1) is 0 Å². The van der Waals surface area contributed by atoms with Gasteiger partial charge in [0.25, 0.3) is 0 Å². The number of hydrogen-bond acceptors (Lipinski definition) is 5. The largest absolute Gasteiger partial charge is 2.00 e. The first-order valence-corrected chi connectivity index (χ1v) is 12.0. The molecule has 0 aliphatic rings. The molecular weight excluding hydrogens is 482 g/mol. The average Bonchev–Trinajstić information content (AvgIpc) is 1.41. The van der Waals surface area contributed by atoms with Crippen molar-refractivity contribution in [1.82, 2.24) is 0 Å². The molecule has 0 aromatic heterocycles. The average molecular weight is 489 g/mol. The zero-order valence-corrected chi connectivity index (χ0v) is 15.8. The van der Waals surface area contributed by atoms with E-state index in [4.69, 9.17) is 48.1 Å². The summed E-state index contributed by atoms with van der Waals surface area (Å²) in [6, 6.07) is 0. The predicted molar refractivity (Wildman–Crippen MR) is 34.9 cm³/mol. The molecule has 0 aliphatic heterocycles. The zero-order valence-electron chi connectivity index (χ0n) is 7.22. The molecule has 0 rings (SSSR count). The fourth-order valence-electron chi connectivity index (χ4n) is 0. The van der Waals surface area contributed by atoms with Crippen LogP contribution in [0.4, 0.5) is 0 Å². The molecule has 0 fully saturated rings. The molecule has 12 nitrogen and oxygen atoms in total. The van der Waals surface area contributed by atoms with E-state index < -0.39 is 43.5 Å². The second-order valence-corrected chi connectivity index (χ2v) is 7.77. The molecule has 0 saturated carbocycles. The Morgan fingerprint density at radius 2 is 0.625 bits per heavy atom. The first-order chi connectivity index (χ1) is 6.00. The second-order valence-electron chi connectivity index (χ2n) is 1.50. The molecule has 0 unspecified atom stereocenters. The summed E-state index contributed by atoms with van der Waals surface area (Å²) in [6.45, 7) is 0.